The van der Waals surface area contributed by atoms with Crippen molar-refractivity contribution in [2.24, 2.45) is 5.92 Å². The van der Waals surface area contributed by atoms with E-state index in [1.54, 1.807) is 18.2 Å². The number of aliphatic carboxylic acids is 1. The van der Waals surface area contributed by atoms with Gasteiger partial charge in [0.2, 0.25) is 5.12 Å². The number of carboxylic acid groups (broad SMARTS) is 1. The van der Waals surface area contributed by atoms with Gasteiger partial charge in [-0.1, -0.05) is 23.9 Å². The third-order valence-electron chi connectivity index (χ3n) is 2.77. The van der Waals surface area contributed by atoms with Crippen LogP contribution in [0.3, 0.4) is 0 Å². The van der Waals surface area contributed by atoms with Crippen LogP contribution in [0.4, 0.5) is 0 Å². The molecule has 6 heteroatoms. The van der Waals surface area contributed by atoms with Crippen molar-refractivity contribution in [2.45, 2.75) is 5.25 Å². The van der Waals surface area contributed by atoms with Crippen LogP contribution in [0.15, 0.2) is 35.3 Å². The van der Waals surface area contributed by atoms with Gasteiger partial charge in [-0.3, -0.25) is 9.59 Å². The molecule has 1 heterocycles. The van der Waals surface area contributed by atoms with Crippen molar-refractivity contribution in [3.05, 3.63) is 35.3 Å². The molecule has 1 aliphatic heterocycles. The highest BCUT2D eigenvalue weighted by molar-refractivity contribution is 8.15. The summed E-state index contributed by atoms with van der Waals surface area (Å²) in [7, 11) is 2.96. The number of fused-ring (bicyclic) bond motifs is 1. The summed E-state index contributed by atoms with van der Waals surface area (Å²) in [6.07, 6.45) is 4.93. The number of methoxy groups -OCH3 is 2. The SMILES string of the molecule is COC1=C(OC)[C@@H]2C(=O)S[C@H](C(=O)O)C=C2C=C1. The number of allylic oxidation sites excluding steroid dienone is 3. The zero-order valence-electron chi connectivity index (χ0n) is 9.88. The highest BCUT2D eigenvalue weighted by Gasteiger charge is 2.39. The second-order valence-corrected chi connectivity index (χ2v) is 4.91. The molecule has 0 amide bonds. The molecule has 5 nitrogen and oxygen atoms in total. The summed E-state index contributed by atoms with van der Waals surface area (Å²) >= 11 is 0.793. The average Bonchev–Trinajstić information content (AvgIpc) is 2.36. The number of thioether (sulfide) groups is 1. The molecular formula is C12H12O5S. The molecule has 0 aromatic rings. The van der Waals surface area contributed by atoms with Gasteiger partial charge >= 0.3 is 5.97 Å². The molecular weight excluding hydrogens is 256 g/mol. The summed E-state index contributed by atoms with van der Waals surface area (Å²) < 4.78 is 10.3. The van der Waals surface area contributed by atoms with Gasteiger partial charge in [-0.2, -0.15) is 0 Å². The predicted octanol–water partition coefficient (Wildman–Crippen LogP) is 1.33. The molecule has 0 aromatic carbocycles. The molecule has 2 atom stereocenters. The van der Waals surface area contributed by atoms with E-state index in [-0.39, 0.29) is 5.12 Å². The van der Waals surface area contributed by atoms with Crippen molar-refractivity contribution < 1.29 is 24.2 Å². The molecule has 0 aromatic heterocycles. The largest absolute Gasteiger partial charge is 0.496 e. The topological polar surface area (TPSA) is 72.8 Å². The van der Waals surface area contributed by atoms with E-state index in [0.717, 1.165) is 11.8 Å². The van der Waals surface area contributed by atoms with Gasteiger partial charge in [0, 0.05) is 0 Å². The minimum Gasteiger partial charge on any atom is -0.496 e. The normalized spacial score (nSPS) is 26.6. The quantitative estimate of drug-likeness (QED) is 0.832. The van der Waals surface area contributed by atoms with E-state index < -0.39 is 17.1 Å². The Morgan fingerprint density at radius 2 is 2.06 bits per heavy atom. The Labute approximate surface area is 108 Å². The standard InChI is InChI=1S/C12H12O5S/c1-16-7-4-3-6-5-8(11(13)14)18-12(15)9(6)10(7)17-2/h3-5,8-9H,1-2H3,(H,13,14)/t8-,9+/m0/s1. The molecule has 0 bridgehead atoms. The summed E-state index contributed by atoms with van der Waals surface area (Å²) in [6, 6.07) is 0. The highest BCUT2D eigenvalue weighted by Crippen LogP contribution is 2.39. The Morgan fingerprint density at radius 3 is 2.61 bits per heavy atom. The third kappa shape index (κ3) is 2.03. The number of carboxylic acids is 1. The predicted molar refractivity (Wildman–Crippen MR) is 65.8 cm³/mol. The summed E-state index contributed by atoms with van der Waals surface area (Å²) in [5.74, 6) is -0.682. The zero-order valence-corrected chi connectivity index (χ0v) is 10.7. The number of hydrogen-bond acceptors (Lipinski definition) is 5. The molecule has 0 saturated heterocycles. The van der Waals surface area contributed by atoms with Gasteiger partial charge in [0.25, 0.3) is 0 Å². The minimum atomic E-state index is -1.02. The summed E-state index contributed by atoms with van der Waals surface area (Å²) in [5.41, 5.74) is 0.642. The summed E-state index contributed by atoms with van der Waals surface area (Å²) in [6.45, 7) is 0. The van der Waals surface area contributed by atoms with Crippen molar-refractivity contribution in [3.8, 4) is 0 Å². The Kier molecular flexibility index (Phi) is 3.47. The van der Waals surface area contributed by atoms with E-state index in [0.29, 0.717) is 17.1 Å². The maximum absolute atomic E-state index is 12.0. The molecule has 0 unspecified atom stereocenters. The van der Waals surface area contributed by atoms with E-state index in [1.807, 2.05) is 0 Å². The van der Waals surface area contributed by atoms with Gasteiger partial charge in [-0.25, -0.2) is 0 Å². The lowest BCUT2D eigenvalue weighted by Crippen LogP contribution is -2.30. The fourth-order valence-electron chi connectivity index (χ4n) is 1.95. The van der Waals surface area contributed by atoms with Gasteiger partial charge in [0.15, 0.2) is 11.5 Å². The highest BCUT2D eigenvalue weighted by atomic mass is 32.2. The minimum absolute atomic E-state index is 0.240. The molecule has 96 valence electrons. The van der Waals surface area contributed by atoms with Gasteiger partial charge < -0.3 is 14.6 Å². The van der Waals surface area contributed by atoms with E-state index in [9.17, 15) is 9.59 Å². The molecule has 18 heavy (non-hydrogen) atoms. The monoisotopic (exact) mass is 268 g/mol. The van der Waals surface area contributed by atoms with Crippen molar-refractivity contribution in [1.82, 2.24) is 0 Å². The van der Waals surface area contributed by atoms with E-state index in [1.165, 1.54) is 14.2 Å². The van der Waals surface area contributed by atoms with Crippen LogP contribution >= 0.6 is 11.8 Å². The van der Waals surface area contributed by atoms with Crippen LogP contribution in [0.25, 0.3) is 0 Å². The maximum Gasteiger partial charge on any atom is 0.321 e. The van der Waals surface area contributed by atoms with Gasteiger partial charge in [0.1, 0.15) is 11.2 Å². The van der Waals surface area contributed by atoms with Crippen LogP contribution in [0.2, 0.25) is 0 Å². The Balaban J connectivity index is 2.44. The summed E-state index contributed by atoms with van der Waals surface area (Å²) in [4.78, 5) is 23.0. The van der Waals surface area contributed by atoms with Crippen molar-refractivity contribution in [2.75, 3.05) is 14.2 Å². The van der Waals surface area contributed by atoms with E-state index >= 15 is 0 Å². The average molecular weight is 268 g/mol. The molecule has 0 saturated carbocycles. The van der Waals surface area contributed by atoms with Crippen LogP contribution in [-0.4, -0.2) is 35.7 Å². The summed E-state index contributed by atoms with van der Waals surface area (Å²) in [5, 5.41) is 7.88. The first kappa shape index (κ1) is 12.8. The smallest absolute Gasteiger partial charge is 0.321 e. The molecule has 0 spiro atoms. The van der Waals surface area contributed by atoms with Crippen LogP contribution < -0.4 is 0 Å². The van der Waals surface area contributed by atoms with Crippen molar-refractivity contribution in [1.29, 1.82) is 0 Å². The Bertz CT molecular complexity index is 489. The number of rotatable bonds is 3. The number of ether oxygens (including phenoxy) is 2. The van der Waals surface area contributed by atoms with E-state index in [4.69, 9.17) is 14.6 Å². The fourth-order valence-corrected chi connectivity index (χ4v) is 2.91. The molecule has 0 radical (unpaired) electrons. The number of hydrogen-bond donors (Lipinski definition) is 1. The molecule has 1 aliphatic carbocycles. The van der Waals surface area contributed by atoms with Crippen LogP contribution in [0.5, 0.6) is 0 Å². The van der Waals surface area contributed by atoms with Crippen LogP contribution in [0.1, 0.15) is 0 Å². The van der Waals surface area contributed by atoms with Crippen LogP contribution in [-0.2, 0) is 19.1 Å². The second-order valence-electron chi connectivity index (χ2n) is 3.77. The van der Waals surface area contributed by atoms with Crippen molar-refractivity contribution >= 4 is 22.8 Å². The Hall–Kier alpha value is -1.69. The van der Waals surface area contributed by atoms with Gasteiger partial charge in [0.05, 0.1) is 14.2 Å². The Morgan fingerprint density at radius 1 is 1.33 bits per heavy atom. The third-order valence-corrected chi connectivity index (χ3v) is 3.83. The van der Waals surface area contributed by atoms with Crippen LogP contribution in [0, 0.1) is 5.92 Å². The first-order valence-corrected chi connectivity index (χ1v) is 6.11. The van der Waals surface area contributed by atoms with Gasteiger partial charge in [-0.15, -0.1) is 0 Å². The molecule has 1 N–H and O–H groups in total. The molecule has 2 rings (SSSR count). The zero-order chi connectivity index (χ0) is 13.3. The van der Waals surface area contributed by atoms with Gasteiger partial charge in [-0.05, 0) is 11.6 Å². The molecule has 2 aliphatic rings. The van der Waals surface area contributed by atoms with Crippen molar-refractivity contribution in [3.63, 3.8) is 0 Å². The number of carbonyl (C=O) groups excluding carboxylic acids is 1. The van der Waals surface area contributed by atoms with E-state index in [2.05, 4.69) is 0 Å². The first-order valence-electron chi connectivity index (χ1n) is 5.23. The fraction of sp³-hybridized carbons (Fsp3) is 0.333. The lowest BCUT2D eigenvalue weighted by Gasteiger charge is -2.28. The first-order chi connectivity index (χ1) is 8.58. The second kappa shape index (κ2) is 4.89. The lowest BCUT2D eigenvalue weighted by molar-refractivity contribution is -0.135. The number of carbonyl (C=O) groups is 2. The maximum atomic E-state index is 12.0. The molecule has 0 fully saturated rings. The lowest BCUT2D eigenvalue weighted by atomic mass is 9.91.